The van der Waals surface area contributed by atoms with Gasteiger partial charge in [-0.05, 0) is 70.6 Å². The van der Waals surface area contributed by atoms with Gasteiger partial charge < -0.3 is 15.7 Å². The first-order valence-electron chi connectivity index (χ1n) is 13.3. The number of benzene rings is 1. The van der Waals surface area contributed by atoms with Crippen molar-refractivity contribution in [3.05, 3.63) is 53.6 Å². The van der Waals surface area contributed by atoms with Crippen LogP contribution in [-0.2, 0) is 16.4 Å². The maximum absolute atomic E-state index is 13.6. The molecule has 1 aromatic carbocycles. The Balaban J connectivity index is 1.89. The highest BCUT2D eigenvalue weighted by Crippen LogP contribution is 2.29. The lowest BCUT2D eigenvalue weighted by Gasteiger charge is -2.28. The van der Waals surface area contributed by atoms with Gasteiger partial charge in [-0.25, -0.2) is 13.4 Å². The lowest BCUT2D eigenvalue weighted by Crippen LogP contribution is -2.51. The Morgan fingerprint density at radius 3 is 2.49 bits per heavy atom. The minimum atomic E-state index is -3.66. The molecule has 212 valence electrons. The van der Waals surface area contributed by atoms with Crippen LogP contribution in [0.5, 0.6) is 0 Å². The molecular formula is C29H41N5O4S. The molecule has 1 saturated carbocycles. The standard InChI is InChI=1S/C29H41N5O4S/c1-7-29(4,5)31-19-25(35)24(15-21-11-9-8-10-12-21)32-28(36)23-16-26(30-18-22-13-14-22)33-27(17-23)34(6)39(37,38)20(2)3/h1,8-12,16-17,20,22,24-25,31,35H,13-15,18-19H2,2-6H3,(H,30,33)(H,32,36)/t24-,25+/m0/s1. The zero-order chi connectivity index (χ0) is 28.8. The smallest absolute Gasteiger partial charge is 0.251 e. The van der Waals surface area contributed by atoms with Gasteiger partial charge in [0, 0.05) is 25.7 Å². The number of aromatic nitrogens is 1. The van der Waals surface area contributed by atoms with Gasteiger partial charge in [0.2, 0.25) is 10.0 Å². The van der Waals surface area contributed by atoms with E-state index in [1.165, 1.54) is 13.1 Å². The molecule has 0 saturated heterocycles. The molecular weight excluding hydrogens is 514 g/mol. The molecule has 39 heavy (non-hydrogen) atoms. The van der Waals surface area contributed by atoms with Crippen molar-refractivity contribution in [2.45, 2.75) is 69.9 Å². The minimum Gasteiger partial charge on any atom is -0.390 e. The number of carbonyl (C=O) groups excluding carboxylic acids is 1. The molecule has 0 unspecified atom stereocenters. The average Bonchev–Trinajstić information content (AvgIpc) is 3.74. The molecule has 1 aromatic heterocycles. The lowest BCUT2D eigenvalue weighted by molar-refractivity contribution is 0.0821. The number of rotatable bonds is 14. The third-order valence-corrected chi connectivity index (χ3v) is 8.98. The van der Waals surface area contributed by atoms with Gasteiger partial charge in [-0.3, -0.25) is 14.4 Å². The summed E-state index contributed by atoms with van der Waals surface area (Å²) >= 11 is 0. The van der Waals surface area contributed by atoms with Crippen LogP contribution in [0.15, 0.2) is 42.5 Å². The quantitative estimate of drug-likeness (QED) is 0.264. The lowest BCUT2D eigenvalue weighted by atomic mass is 9.99. The van der Waals surface area contributed by atoms with Gasteiger partial charge in [0.25, 0.3) is 5.91 Å². The van der Waals surface area contributed by atoms with E-state index >= 15 is 0 Å². The number of aliphatic hydroxyl groups excluding tert-OH is 1. The van der Waals surface area contributed by atoms with E-state index in [0.717, 1.165) is 22.7 Å². The van der Waals surface area contributed by atoms with Crippen molar-refractivity contribution < 1.29 is 18.3 Å². The number of sulfonamides is 1. The first-order valence-corrected chi connectivity index (χ1v) is 14.8. The molecule has 2 aromatic rings. The number of pyridine rings is 1. The maximum atomic E-state index is 13.6. The van der Waals surface area contributed by atoms with E-state index in [1.54, 1.807) is 19.9 Å². The maximum Gasteiger partial charge on any atom is 0.251 e. The van der Waals surface area contributed by atoms with Crippen molar-refractivity contribution in [2.75, 3.05) is 29.8 Å². The Labute approximate surface area is 232 Å². The predicted molar refractivity (Wildman–Crippen MR) is 156 cm³/mol. The highest BCUT2D eigenvalue weighted by atomic mass is 32.2. The second-order valence-corrected chi connectivity index (χ2v) is 13.5. The van der Waals surface area contributed by atoms with Gasteiger partial charge in [0.1, 0.15) is 11.6 Å². The van der Waals surface area contributed by atoms with Gasteiger partial charge >= 0.3 is 0 Å². The van der Waals surface area contributed by atoms with Gasteiger partial charge in [-0.15, -0.1) is 6.42 Å². The predicted octanol–water partition coefficient (Wildman–Crippen LogP) is 2.78. The molecule has 0 aliphatic heterocycles. The van der Waals surface area contributed by atoms with Crippen molar-refractivity contribution in [1.82, 2.24) is 15.6 Å². The number of aliphatic hydroxyl groups is 1. The molecule has 1 fully saturated rings. The van der Waals surface area contributed by atoms with Crippen LogP contribution in [0.25, 0.3) is 0 Å². The molecule has 4 N–H and O–H groups in total. The topological polar surface area (TPSA) is 124 Å². The summed E-state index contributed by atoms with van der Waals surface area (Å²) in [5.74, 6) is 3.32. The Hall–Kier alpha value is -3.13. The molecule has 9 nitrogen and oxygen atoms in total. The summed E-state index contributed by atoms with van der Waals surface area (Å²) in [6.45, 7) is 7.73. The summed E-state index contributed by atoms with van der Waals surface area (Å²) in [6.07, 6.45) is 7.28. The number of anilines is 2. The summed E-state index contributed by atoms with van der Waals surface area (Å²) in [7, 11) is -2.23. The number of hydrogen-bond acceptors (Lipinski definition) is 7. The summed E-state index contributed by atoms with van der Waals surface area (Å²) in [5, 5.41) is 19.8. The third kappa shape index (κ3) is 8.68. The number of nitrogens with one attached hydrogen (secondary N) is 3. The van der Waals surface area contributed by atoms with Crippen molar-refractivity contribution in [3.63, 3.8) is 0 Å². The fourth-order valence-electron chi connectivity index (χ4n) is 3.87. The van der Waals surface area contributed by atoms with Gasteiger partial charge in [-0.2, -0.15) is 0 Å². The number of hydrogen-bond donors (Lipinski definition) is 4. The molecule has 1 heterocycles. The van der Waals surface area contributed by atoms with Crippen molar-refractivity contribution in [2.24, 2.45) is 5.92 Å². The van der Waals surface area contributed by atoms with Gasteiger partial charge in [0.15, 0.2) is 0 Å². The van der Waals surface area contributed by atoms with Crippen molar-refractivity contribution >= 4 is 27.6 Å². The van der Waals surface area contributed by atoms with Crippen molar-refractivity contribution in [1.29, 1.82) is 0 Å². The zero-order valence-electron chi connectivity index (χ0n) is 23.4. The summed E-state index contributed by atoms with van der Waals surface area (Å²) < 4.78 is 26.8. The van der Waals surface area contributed by atoms with Crippen LogP contribution in [0.1, 0.15) is 56.5 Å². The van der Waals surface area contributed by atoms with E-state index in [2.05, 4.69) is 26.9 Å². The van der Waals surface area contributed by atoms with E-state index in [0.29, 0.717) is 24.7 Å². The minimum absolute atomic E-state index is 0.146. The number of carbonyl (C=O) groups is 1. The molecule has 1 amide bonds. The summed E-state index contributed by atoms with van der Waals surface area (Å²) in [6, 6.07) is 12.0. The van der Waals surface area contributed by atoms with Gasteiger partial charge in [-0.1, -0.05) is 36.3 Å². The molecule has 1 aliphatic rings. The van der Waals surface area contributed by atoms with Crippen LogP contribution in [0.3, 0.4) is 0 Å². The molecule has 0 bridgehead atoms. The average molecular weight is 556 g/mol. The number of amides is 1. The normalized spacial score (nSPS) is 15.3. The molecule has 0 radical (unpaired) electrons. The second-order valence-electron chi connectivity index (χ2n) is 11.0. The fraction of sp³-hybridized carbons (Fsp3) is 0.517. The van der Waals surface area contributed by atoms with Crippen molar-refractivity contribution in [3.8, 4) is 12.3 Å². The van der Waals surface area contributed by atoms with E-state index in [4.69, 9.17) is 6.42 Å². The third-order valence-electron chi connectivity index (χ3n) is 6.84. The van der Waals surface area contributed by atoms with Crippen LogP contribution in [-0.4, -0.2) is 67.5 Å². The van der Waals surface area contributed by atoms with E-state index in [9.17, 15) is 18.3 Å². The Morgan fingerprint density at radius 1 is 1.23 bits per heavy atom. The highest BCUT2D eigenvalue weighted by molar-refractivity contribution is 7.93. The second kappa shape index (κ2) is 12.8. The Morgan fingerprint density at radius 2 is 1.90 bits per heavy atom. The number of nitrogens with zero attached hydrogens (tertiary/aromatic N) is 2. The number of terminal acetylenes is 1. The molecule has 2 atom stereocenters. The summed E-state index contributed by atoms with van der Waals surface area (Å²) in [5.41, 5.74) is 0.561. The van der Waals surface area contributed by atoms with E-state index in [-0.39, 0.29) is 17.9 Å². The fourth-order valence-corrected chi connectivity index (χ4v) is 4.86. The largest absolute Gasteiger partial charge is 0.390 e. The van der Waals surface area contributed by atoms with Crippen LogP contribution in [0, 0.1) is 18.3 Å². The van der Waals surface area contributed by atoms with Crippen LogP contribution >= 0.6 is 0 Å². The monoisotopic (exact) mass is 555 g/mol. The SMILES string of the molecule is C#CC(C)(C)NC[C@@H](O)[C@H](Cc1ccccc1)NC(=O)c1cc(NCC2CC2)nc(N(C)S(=O)(=O)C(C)C)c1. The first kappa shape index (κ1) is 30.4. The molecule has 1 aliphatic carbocycles. The molecule has 3 rings (SSSR count). The van der Waals surface area contributed by atoms with E-state index in [1.807, 2.05) is 44.2 Å². The Kier molecular flexibility index (Phi) is 9.99. The van der Waals surface area contributed by atoms with Crippen LogP contribution in [0.2, 0.25) is 0 Å². The first-order chi connectivity index (χ1) is 18.3. The van der Waals surface area contributed by atoms with Crippen LogP contribution < -0.4 is 20.3 Å². The Bertz CT molecular complexity index is 1270. The number of β-amino-alcohol motifs (C(OH)–C–C–N with tert-alkyl or cyclic N) is 1. The summed E-state index contributed by atoms with van der Waals surface area (Å²) in [4.78, 5) is 18.1. The van der Waals surface area contributed by atoms with E-state index < -0.39 is 38.9 Å². The molecule has 10 heteroatoms. The van der Waals surface area contributed by atoms with Gasteiger partial charge in [0.05, 0.1) is 22.9 Å². The molecule has 0 spiro atoms. The zero-order valence-corrected chi connectivity index (χ0v) is 24.3. The highest BCUT2D eigenvalue weighted by Gasteiger charge is 2.28. The van der Waals surface area contributed by atoms with Crippen LogP contribution in [0.4, 0.5) is 11.6 Å².